The second-order valence-corrected chi connectivity index (χ2v) is 5.17. The van der Waals surface area contributed by atoms with Gasteiger partial charge in [0.05, 0.1) is 5.52 Å². The van der Waals surface area contributed by atoms with Crippen molar-refractivity contribution in [1.29, 1.82) is 0 Å². The van der Waals surface area contributed by atoms with E-state index in [1.54, 1.807) is 0 Å². The number of imidazole rings is 1. The molecule has 0 bridgehead atoms. The van der Waals surface area contributed by atoms with E-state index in [0.29, 0.717) is 0 Å². The minimum absolute atomic E-state index is 0.223. The summed E-state index contributed by atoms with van der Waals surface area (Å²) < 4.78 is 0. The molecule has 2 aromatic rings. The first-order valence-electron chi connectivity index (χ1n) is 6.26. The van der Waals surface area contributed by atoms with E-state index in [1.165, 1.54) is 25.7 Å². The number of H-pyrrole nitrogens is 1. The Morgan fingerprint density at radius 2 is 2.00 bits per heavy atom. The summed E-state index contributed by atoms with van der Waals surface area (Å²) in [6, 6.07) is 4.02. The average molecular weight is 230 g/mol. The summed E-state index contributed by atoms with van der Waals surface area (Å²) in [7, 11) is 1.88. The SMILES string of the molecule is CNc1ccc2[nH]c(C3(C)CCCC3)nc2n1. The molecule has 1 fully saturated rings. The van der Waals surface area contributed by atoms with Gasteiger partial charge in [-0.15, -0.1) is 0 Å². The molecule has 1 aliphatic carbocycles. The molecule has 1 saturated carbocycles. The van der Waals surface area contributed by atoms with Crippen LogP contribution in [0.15, 0.2) is 12.1 Å². The smallest absolute Gasteiger partial charge is 0.179 e. The van der Waals surface area contributed by atoms with Crippen molar-refractivity contribution in [3.63, 3.8) is 0 Å². The second-order valence-electron chi connectivity index (χ2n) is 5.17. The fourth-order valence-electron chi connectivity index (χ4n) is 2.71. The van der Waals surface area contributed by atoms with Gasteiger partial charge >= 0.3 is 0 Å². The van der Waals surface area contributed by atoms with E-state index >= 15 is 0 Å². The second kappa shape index (κ2) is 3.72. The van der Waals surface area contributed by atoms with E-state index < -0.39 is 0 Å². The van der Waals surface area contributed by atoms with Gasteiger partial charge in [0.25, 0.3) is 0 Å². The van der Waals surface area contributed by atoms with Crippen molar-refractivity contribution in [3.8, 4) is 0 Å². The van der Waals surface area contributed by atoms with Crippen molar-refractivity contribution in [1.82, 2.24) is 15.0 Å². The molecular formula is C13H18N4. The molecule has 0 unspecified atom stereocenters. The number of pyridine rings is 1. The van der Waals surface area contributed by atoms with Crippen LogP contribution in [0.3, 0.4) is 0 Å². The van der Waals surface area contributed by atoms with Crippen molar-refractivity contribution < 1.29 is 0 Å². The number of hydrogen-bond acceptors (Lipinski definition) is 3. The number of fused-ring (bicyclic) bond motifs is 1. The van der Waals surface area contributed by atoms with Crippen LogP contribution in [0.25, 0.3) is 11.2 Å². The van der Waals surface area contributed by atoms with Crippen LogP contribution in [-0.2, 0) is 5.41 Å². The Morgan fingerprint density at radius 3 is 2.71 bits per heavy atom. The quantitative estimate of drug-likeness (QED) is 0.834. The molecule has 4 heteroatoms. The van der Waals surface area contributed by atoms with E-state index in [-0.39, 0.29) is 5.41 Å². The summed E-state index contributed by atoms with van der Waals surface area (Å²) in [6.07, 6.45) is 5.07. The number of rotatable bonds is 2. The van der Waals surface area contributed by atoms with Crippen LogP contribution in [-0.4, -0.2) is 22.0 Å². The first kappa shape index (κ1) is 10.6. The summed E-state index contributed by atoms with van der Waals surface area (Å²) in [4.78, 5) is 12.6. The number of nitrogens with one attached hydrogen (secondary N) is 2. The molecule has 0 spiro atoms. The molecule has 1 aliphatic rings. The van der Waals surface area contributed by atoms with Crippen molar-refractivity contribution in [3.05, 3.63) is 18.0 Å². The molecule has 0 radical (unpaired) electrons. The molecule has 3 rings (SSSR count). The van der Waals surface area contributed by atoms with Gasteiger partial charge in [-0.05, 0) is 25.0 Å². The Morgan fingerprint density at radius 1 is 1.24 bits per heavy atom. The monoisotopic (exact) mass is 230 g/mol. The third-order valence-electron chi connectivity index (χ3n) is 3.88. The molecule has 0 aromatic carbocycles. The predicted octanol–water partition coefficient (Wildman–Crippen LogP) is 2.83. The van der Waals surface area contributed by atoms with Crippen LogP contribution in [0.4, 0.5) is 5.82 Å². The summed E-state index contributed by atoms with van der Waals surface area (Å²) in [5.41, 5.74) is 2.08. The van der Waals surface area contributed by atoms with Gasteiger partial charge in [0, 0.05) is 12.5 Å². The summed E-state index contributed by atoms with van der Waals surface area (Å²) in [5.74, 6) is 1.97. The highest BCUT2D eigenvalue weighted by molar-refractivity contribution is 5.73. The first-order chi connectivity index (χ1) is 8.21. The maximum absolute atomic E-state index is 4.67. The average Bonchev–Trinajstić information content (AvgIpc) is 2.94. The Labute approximate surface area is 101 Å². The van der Waals surface area contributed by atoms with Gasteiger partial charge in [0.15, 0.2) is 5.65 Å². The van der Waals surface area contributed by atoms with E-state index in [9.17, 15) is 0 Å². The third-order valence-corrected chi connectivity index (χ3v) is 3.88. The lowest BCUT2D eigenvalue weighted by molar-refractivity contribution is 0.464. The van der Waals surface area contributed by atoms with Crippen LogP contribution in [0.5, 0.6) is 0 Å². The van der Waals surface area contributed by atoms with E-state index in [0.717, 1.165) is 22.8 Å². The molecule has 0 aliphatic heterocycles. The van der Waals surface area contributed by atoms with E-state index in [1.807, 2.05) is 19.2 Å². The Hall–Kier alpha value is -1.58. The first-order valence-corrected chi connectivity index (χ1v) is 6.26. The standard InChI is InChI=1S/C13H18N4/c1-13(7-3-4-8-13)12-15-9-5-6-10(14-2)16-11(9)17-12/h5-6H,3-4,7-8H2,1-2H3,(H2,14,15,16,17). The lowest BCUT2D eigenvalue weighted by Crippen LogP contribution is -2.18. The molecule has 2 aromatic heterocycles. The molecule has 2 N–H and O–H groups in total. The molecule has 2 heterocycles. The lowest BCUT2D eigenvalue weighted by atomic mass is 9.88. The number of nitrogens with zero attached hydrogens (tertiary/aromatic N) is 2. The van der Waals surface area contributed by atoms with Gasteiger partial charge in [0.2, 0.25) is 0 Å². The van der Waals surface area contributed by atoms with Gasteiger partial charge in [-0.1, -0.05) is 19.8 Å². The highest BCUT2D eigenvalue weighted by atomic mass is 15.0. The molecule has 90 valence electrons. The fraction of sp³-hybridized carbons (Fsp3) is 0.538. The fourth-order valence-corrected chi connectivity index (χ4v) is 2.71. The van der Waals surface area contributed by atoms with Gasteiger partial charge < -0.3 is 10.3 Å². The minimum atomic E-state index is 0.223. The molecule has 17 heavy (non-hydrogen) atoms. The number of hydrogen-bond donors (Lipinski definition) is 2. The molecular weight excluding hydrogens is 212 g/mol. The van der Waals surface area contributed by atoms with Crippen LogP contribution >= 0.6 is 0 Å². The summed E-state index contributed by atoms with van der Waals surface area (Å²) in [5, 5.41) is 3.04. The number of aromatic nitrogens is 3. The maximum atomic E-state index is 4.67. The van der Waals surface area contributed by atoms with Crippen LogP contribution in [0, 0.1) is 0 Å². The van der Waals surface area contributed by atoms with Crippen molar-refractivity contribution >= 4 is 17.0 Å². The molecule has 0 amide bonds. The van der Waals surface area contributed by atoms with Crippen molar-refractivity contribution in [2.24, 2.45) is 0 Å². The van der Waals surface area contributed by atoms with E-state index in [4.69, 9.17) is 0 Å². The highest BCUT2D eigenvalue weighted by Gasteiger charge is 2.33. The maximum Gasteiger partial charge on any atom is 0.179 e. The molecule has 0 atom stereocenters. The normalized spacial score (nSPS) is 18.7. The Kier molecular flexibility index (Phi) is 2.31. The largest absolute Gasteiger partial charge is 0.373 e. The topological polar surface area (TPSA) is 53.6 Å². The molecule has 4 nitrogen and oxygen atoms in total. The summed E-state index contributed by atoms with van der Waals surface area (Å²) >= 11 is 0. The summed E-state index contributed by atoms with van der Waals surface area (Å²) in [6.45, 7) is 2.30. The van der Waals surface area contributed by atoms with Crippen LogP contribution in [0.1, 0.15) is 38.4 Å². The highest BCUT2D eigenvalue weighted by Crippen LogP contribution is 2.39. The zero-order valence-electron chi connectivity index (χ0n) is 10.4. The number of aromatic amines is 1. The van der Waals surface area contributed by atoms with Crippen molar-refractivity contribution in [2.75, 3.05) is 12.4 Å². The predicted molar refractivity (Wildman–Crippen MR) is 69.3 cm³/mol. The lowest BCUT2D eigenvalue weighted by Gasteiger charge is -2.19. The minimum Gasteiger partial charge on any atom is -0.373 e. The third kappa shape index (κ3) is 1.68. The zero-order chi connectivity index (χ0) is 11.9. The molecule has 0 saturated heterocycles. The zero-order valence-corrected chi connectivity index (χ0v) is 10.4. The number of anilines is 1. The van der Waals surface area contributed by atoms with Crippen LogP contribution < -0.4 is 5.32 Å². The Bertz CT molecular complexity index is 537. The van der Waals surface area contributed by atoms with Gasteiger partial charge in [-0.3, -0.25) is 0 Å². The van der Waals surface area contributed by atoms with Gasteiger partial charge in [0.1, 0.15) is 11.6 Å². The van der Waals surface area contributed by atoms with Crippen molar-refractivity contribution in [2.45, 2.75) is 38.0 Å². The van der Waals surface area contributed by atoms with E-state index in [2.05, 4.69) is 27.2 Å². The van der Waals surface area contributed by atoms with Crippen LogP contribution in [0.2, 0.25) is 0 Å². The Balaban J connectivity index is 2.07. The van der Waals surface area contributed by atoms with Gasteiger partial charge in [-0.25, -0.2) is 9.97 Å². The van der Waals surface area contributed by atoms with Gasteiger partial charge in [-0.2, -0.15) is 0 Å².